The number of nitrogens with zero attached hydrogens (tertiary/aromatic N) is 1. The summed E-state index contributed by atoms with van der Waals surface area (Å²) in [4.78, 5) is 8.10. The lowest BCUT2D eigenvalue weighted by molar-refractivity contribution is -0.340. The summed E-state index contributed by atoms with van der Waals surface area (Å²) in [5.74, 6) is 0.692. The van der Waals surface area contributed by atoms with Crippen LogP contribution in [0.2, 0.25) is 0 Å². The number of ether oxygens (including phenoxy) is 1. The lowest BCUT2D eigenvalue weighted by Gasteiger charge is -1.99. The highest BCUT2D eigenvalue weighted by Gasteiger charge is 1.94. The first kappa shape index (κ1) is 11.9. The van der Waals surface area contributed by atoms with Crippen LogP contribution in [-0.4, -0.2) is 23.5 Å². The van der Waals surface area contributed by atoms with Gasteiger partial charge >= 0.3 is 6.34 Å². The number of para-hydroxylation sites is 2. The zero-order chi connectivity index (χ0) is 11.0. The van der Waals surface area contributed by atoms with E-state index in [0.717, 1.165) is 0 Å². The minimum absolute atomic E-state index is 0.139. The van der Waals surface area contributed by atoms with Crippen LogP contribution >= 0.6 is 0 Å². The van der Waals surface area contributed by atoms with Crippen LogP contribution in [0.25, 0.3) is 0 Å². The smallest absolute Gasteiger partial charge is 0.318 e. The van der Waals surface area contributed by atoms with Gasteiger partial charge in [0.2, 0.25) is 0 Å². The fraction of sp³-hybridized carbons (Fsp3) is 0.125. The average molecular weight is 198 g/mol. The SMILES string of the molecule is COc1ccccc1O.N=C[N+](=O)[O-]. The van der Waals surface area contributed by atoms with Gasteiger partial charge in [0, 0.05) is 0 Å². The molecular weight excluding hydrogens is 188 g/mol. The fourth-order valence-corrected chi connectivity index (χ4v) is 0.630. The van der Waals surface area contributed by atoms with Crippen LogP contribution in [0.3, 0.4) is 0 Å². The van der Waals surface area contributed by atoms with E-state index >= 15 is 0 Å². The van der Waals surface area contributed by atoms with E-state index in [4.69, 9.17) is 25.4 Å². The molecule has 0 aliphatic carbocycles. The molecule has 0 spiro atoms. The summed E-state index contributed by atoms with van der Waals surface area (Å²) in [6.07, 6.45) is 0.139. The van der Waals surface area contributed by atoms with Crippen molar-refractivity contribution in [2.45, 2.75) is 0 Å². The van der Waals surface area contributed by atoms with Gasteiger partial charge in [-0.2, -0.15) is 0 Å². The van der Waals surface area contributed by atoms with Gasteiger partial charge in [-0.05, 0) is 17.1 Å². The molecule has 0 bridgehead atoms. The average Bonchev–Trinajstić information content (AvgIpc) is 2.19. The number of phenolic OH excluding ortho intramolecular Hbond substituents is 1. The van der Waals surface area contributed by atoms with Crippen LogP contribution in [0.15, 0.2) is 24.3 Å². The molecule has 0 saturated heterocycles. The molecule has 0 atom stereocenters. The van der Waals surface area contributed by atoms with Crippen molar-refractivity contribution in [2.75, 3.05) is 7.11 Å². The minimum Gasteiger partial charge on any atom is -0.504 e. The maximum Gasteiger partial charge on any atom is 0.318 e. The Bertz CT molecular complexity index is 314. The van der Waals surface area contributed by atoms with E-state index in [0.29, 0.717) is 5.75 Å². The Balaban J connectivity index is 0.000000292. The third-order valence-electron chi connectivity index (χ3n) is 1.19. The zero-order valence-electron chi connectivity index (χ0n) is 7.51. The highest BCUT2D eigenvalue weighted by atomic mass is 16.6. The molecule has 2 N–H and O–H groups in total. The van der Waals surface area contributed by atoms with E-state index in [9.17, 15) is 0 Å². The standard InChI is InChI=1S/C7H8O2.CH2N2O2/c1-9-7-5-3-2-4-6(7)8;2-1-3(4)5/h2-5,8H,1H3;1-2H. The van der Waals surface area contributed by atoms with Crippen molar-refractivity contribution >= 4 is 6.34 Å². The minimum atomic E-state index is -0.833. The number of rotatable bonds is 2. The maximum absolute atomic E-state index is 8.99. The first-order valence-corrected chi connectivity index (χ1v) is 3.58. The highest BCUT2D eigenvalue weighted by molar-refractivity contribution is 5.38. The molecule has 1 aromatic rings. The number of benzene rings is 1. The van der Waals surface area contributed by atoms with Crippen molar-refractivity contribution in [3.05, 3.63) is 34.4 Å². The van der Waals surface area contributed by atoms with E-state index in [2.05, 4.69) is 0 Å². The molecule has 6 heteroatoms. The Labute approximate surface area is 80.4 Å². The third-order valence-corrected chi connectivity index (χ3v) is 1.19. The molecule has 0 amide bonds. The summed E-state index contributed by atoms with van der Waals surface area (Å²) in [7, 11) is 1.52. The van der Waals surface area contributed by atoms with Crippen molar-refractivity contribution in [1.29, 1.82) is 5.41 Å². The van der Waals surface area contributed by atoms with Gasteiger partial charge in [-0.3, -0.25) is 0 Å². The molecule has 14 heavy (non-hydrogen) atoms. The Morgan fingerprint density at radius 3 is 2.36 bits per heavy atom. The predicted octanol–water partition coefficient (Wildman–Crippen LogP) is 1.27. The maximum atomic E-state index is 8.99. The van der Waals surface area contributed by atoms with Crippen LogP contribution in [0.4, 0.5) is 0 Å². The molecule has 0 radical (unpaired) electrons. The number of hydrogen-bond donors (Lipinski definition) is 2. The van der Waals surface area contributed by atoms with Crippen molar-refractivity contribution in [3.63, 3.8) is 0 Å². The second-order valence-electron chi connectivity index (χ2n) is 2.09. The van der Waals surface area contributed by atoms with Crippen LogP contribution < -0.4 is 4.74 Å². The van der Waals surface area contributed by atoms with Gasteiger partial charge in [0.25, 0.3) is 0 Å². The summed E-state index contributed by atoms with van der Waals surface area (Å²) in [6, 6.07) is 6.84. The highest BCUT2D eigenvalue weighted by Crippen LogP contribution is 2.22. The monoisotopic (exact) mass is 198 g/mol. The van der Waals surface area contributed by atoms with Gasteiger partial charge in [0.15, 0.2) is 11.5 Å². The van der Waals surface area contributed by atoms with Gasteiger partial charge in [-0.25, -0.2) is 0 Å². The van der Waals surface area contributed by atoms with E-state index in [1.807, 2.05) is 0 Å². The van der Waals surface area contributed by atoms with Gasteiger partial charge < -0.3 is 20.0 Å². The summed E-state index contributed by atoms with van der Waals surface area (Å²) in [5.41, 5.74) is 0. The van der Waals surface area contributed by atoms with Crippen LogP contribution in [0.1, 0.15) is 0 Å². The summed E-state index contributed by atoms with van der Waals surface area (Å²) >= 11 is 0. The van der Waals surface area contributed by atoms with E-state index in [1.54, 1.807) is 24.3 Å². The number of aromatic hydroxyl groups is 1. The Hall–Kier alpha value is -2.11. The van der Waals surface area contributed by atoms with Crippen molar-refractivity contribution in [3.8, 4) is 11.5 Å². The molecule has 0 unspecified atom stereocenters. The second-order valence-corrected chi connectivity index (χ2v) is 2.09. The predicted molar refractivity (Wildman–Crippen MR) is 50.4 cm³/mol. The molecule has 0 aliphatic rings. The first-order valence-electron chi connectivity index (χ1n) is 3.58. The molecule has 76 valence electrons. The molecule has 6 nitrogen and oxygen atoms in total. The molecular formula is C8H10N2O4. The summed E-state index contributed by atoms with van der Waals surface area (Å²) in [5, 5.41) is 23.7. The van der Waals surface area contributed by atoms with Gasteiger partial charge in [0.05, 0.1) is 7.11 Å². The fourth-order valence-electron chi connectivity index (χ4n) is 0.630. The zero-order valence-corrected chi connectivity index (χ0v) is 7.51. The largest absolute Gasteiger partial charge is 0.504 e. The van der Waals surface area contributed by atoms with Crippen LogP contribution in [0.5, 0.6) is 11.5 Å². The molecule has 1 rings (SSSR count). The van der Waals surface area contributed by atoms with Gasteiger partial charge in [0.1, 0.15) is 0 Å². The van der Waals surface area contributed by atoms with Crippen molar-refractivity contribution in [2.24, 2.45) is 0 Å². The number of nitrogens with one attached hydrogen (secondary N) is 1. The van der Waals surface area contributed by atoms with Crippen molar-refractivity contribution in [1.82, 2.24) is 0 Å². The topological polar surface area (TPSA) is 96.5 Å². The molecule has 0 aromatic heterocycles. The van der Waals surface area contributed by atoms with Crippen LogP contribution in [0, 0.1) is 15.5 Å². The molecule has 0 saturated carbocycles. The second kappa shape index (κ2) is 6.41. The first-order chi connectivity index (χ1) is 6.61. The Kier molecular flexibility index (Phi) is 5.44. The quantitative estimate of drug-likeness (QED) is 0.323. The van der Waals surface area contributed by atoms with E-state index < -0.39 is 4.92 Å². The van der Waals surface area contributed by atoms with E-state index in [1.165, 1.54) is 7.11 Å². The molecule has 0 aliphatic heterocycles. The lowest BCUT2D eigenvalue weighted by atomic mass is 10.3. The number of hydrogen-bond acceptors (Lipinski definition) is 5. The van der Waals surface area contributed by atoms with Crippen LogP contribution in [-0.2, 0) is 0 Å². The Morgan fingerprint density at radius 1 is 1.57 bits per heavy atom. The molecule has 0 fully saturated rings. The molecule has 1 aromatic carbocycles. The number of methoxy groups -OCH3 is 1. The normalized spacial score (nSPS) is 8.07. The Morgan fingerprint density at radius 2 is 2.07 bits per heavy atom. The van der Waals surface area contributed by atoms with E-state index in [-0.39, 0.29) is 12.1 Å². The molecule has 0 heterocycles. The summed E-state index contributed by atoms with van der Waals surface area (Å²) in [6.45, 7) is 0. The van der Waals surface area contributed by atoms with Gasteiger partial charge in [-0.15, -0.1) is 5.41 Å². The third kappa shape index (κ3) is 4.70. The van der Waals surface area contributed by atoms with Gasteiger partial charge in [-0.1, -0.05) is 12.1 Å². The number of phenols is 1. The number of nitro groups is 1. The van der Waals surface area contributed by atoms with Crippen molar-refractivity contribution < 1.29 is 14.8 Å². The summed E-state index contributed by atoms with van der Waals surface area (Å²) < 4.78 is 4.79. The lowest BCUT2D eigenvalue weighted by Crippen LogP contribution is -1.87.